The van der Waals surface area contributed by atoms with Gasteiger partial charge in [0.2, 0.25) is 5.91 Å². The Balaban J connectivity index is 1.59. The van der Waals surface area contributed by atoms with E-state index in [4.69, 9.17) is 4.74 Å². The van der Waals surface area contributed by atoms with Crippen molar-refractivity contribution in [1.82, 2.24) is 10.2 Å². The van der Waals surface area contributed by atoms with Crippen LogP contribution in [-0.4, -0.2) is 48.6 Å². The molecule has 3 rings (SSSR count). The molecule has 0 unspecified atom stereocenters. The minimum absolute atomic E-state index is 0.0257. The fourth-order valence-corrected chi connectivity index (χ4v) is 4.15. The van der Waals surface area contributed by atoms with Gasteiger partial charge in [0.15, 0.2) is 0 Å². The molecule has 2 amide bonds. The van der Waals surface area contributed by atoms with E-state index in [-0.39, 0.29) is 29.0 Å². The number of amides is 2. The molecule has 6 heteroatoms. The van der Waals surface area contributed by atoms with Crippen molar-refractivity contribution in [3.63, 3.8) is 0 Å². The van der Waals surface area contributed by atoms with Crippen molar-refractivity contribution < 1.29 is 18.7 Å². The Kier molecular flexibility index (Phi) is 5.37. The number of methoxy groups -OCH3 is 1. The van der Waals surface area contributed by atoms with Crippen LogP contribution in [-0.2, 0) is 9.53 Å². The van der Waals surface area contributed by atoms with Crippen molar-refractivity contribution in [2.75, 3.05) is 20.3 Å². The van der Waals surface area contributed by atoms with Gasteiger partial charge in [-0.05, 0) is 44.2 Å². The average Bonchev–Trinajstić information content (AvgIpc) is 2.91. The highest BCUT2D eigenvalue weighted by Crippen LogP contribution is 2.42. The summed E-state index contributed by atoms with van der Waals surface area (Å²) in [5.41, 5.74) is -0.00461. The molecule has 1 aromatic rings. The Hall–Kier alpha value is -1.95. The van der Waals surface area contributed by atoms with Crippen molar-refractivity contribution in [1.29, 1.82) is 0 Å². The predicted octanol–water partition coefficient (Wildman–Crippen LogP) is 2.51. The van der Waals surface area contributed by atoms with Crippen LogP contribution >= 0.6 is 0 Å². The van der Waals surface area contributed by atoms with E-state index >= 15 is 0 Å². The molecule has 1 heterocycles. The third-order valence-electron chi connectivity index (χ3n) is 5.57. The summed E-state index contributed by atoms with van der Waals surface area (Å²) in [6, 6.07) is 6.05. The zero-order valence-electron chi connectivity index (χ0n) is 14.6. The first-order valence-electron chi connectivity index (χ1n) is 8.90. The number of carbonyl (C=O) groups is 2. The number of ether oxygens (including phenoxy) is 1. The average molecular weight is 348 g/mol. The Morgan fingerprint density at radius 2 is 2.04 bits per heavy atom. The van der Waals surface area contributed by atoms with E-state index in [0.717, 1.165) is 32.1 Å². The number of hydrogen-bond donors (Lipinski definition) is 1. The molecule has 0 aromatic heterocycles. The second-order valence-corrected chi connectivity index (χ2v) is 6.99. The number of nitrogens with zero attached hydrogens (tertiary/aromatic N) is 1. The minimum Gasteiger partial charge on any atom is -0.383 e. The minimum atomic E-state index is -0.501. The first kappa shape index (κ1) is 17.9. The molecule has 1 N–H and O–H groups in total. The van der Waals surface area contributed by atoms with Gasteiger partial charge in [0.05, 0.1) is 12.2 Å². The Morgan fingerprint density at radius 1 is 1.32 bits per heavy atom. The smallest absolute Gasteiger partial charge is 0.254 e. The van der Waals surface area contributed by atoms with Crippen LogP contribution in [0.2, 0.25) is 0 Å². The van der Waals surface area contributed by atoms with E-state index in [1.807, 2.05) is 4.90 Å². The zero-order chi connectivity index (χ0) is 17.9. The molecule has 1 saturated carbocycles. The van der Waals surface area contributed by atoms with Crippen LogP contribution < -0.4 is 5.32 Å². The lowest BCUT2D eigenvalue weighted by atomic mass is 9.77. The van der Waals surface area contributed by atoms with E-state index in [9.17, 15) is 14.0 Å². The van der Waals surface area contributed by atoms with Gasteiger partial charge in [-0.15, -0.1) is 0 Å². The molecule has 1 saturated heterocycles. The fourth-order valence-electron chi connectivity index (χ4n) is 4.15. The van der Waals surface area contributed by atoms with Crippen LogP contribution in [0.3, 0.4) is 0 Å². The maximum absolute atomic E-state index is 13.7. The molecular formula is C19H25FN2O3. The van der Waals surface area contributed by atoms with E-state index in [0.29, 0.717) is 19.6 Å². The fraction of sp³-hybridized carbons (Fsp3) is 0.579. The number of nitrogens with one attached hydrogen (secondary N) is 1. The number of halogens is 1. The standard InChI is InChI=1S/C19H25FN2O3/c1-25-13-12-22-17(23)8-11-19(22)9-6-14(7-10-19)21-18(24)15-4-2-3-5-16(15)20/h2-5,14H,6-13H2,1H3,(H,21,24). The number of hydrogen-bond acceptors (Lipinski definition) is 3. The van der Waals surface area contributed by atoms with Crippen LogP contribution in [0.25, 0.3) is 0 Å². The quantitative estimate of drug-likeness (QED) is 0.889. The van der Waals surface area contributed by atoms with Gasteiger partial charge >= 0.3 is 0 Å². The molecule has 25 heavy (non-hydrogen) atoms. The summed E-state index contributed by atoms with van der Waals surface area (Å²) in [6.45, 7) is 1.17. The van der Waals surface area contributed by atoms with E-state index < -0.39 is 5.82 Å². The topological polar surface area (TPSA) is 58.6 Å². The van der Waals surface area contributed by atoms with Gasteiger partial charge in [-0.2, -0.15) is 0 Å². The molecule has 2 fully saturated rings. The first-order chi connectivity index (χ1) is 12.1. The van der Waals surface area contributed by atoms with Gasteiger partial charge in [0.25, 0.3) is 5.91 Å². The third-order valence-corrected chi connectivity index (χ3v) is 5.57. The normalized spacial score (nSPS) is 26.2. The number of likely N-dealkylation sites (tertiary alicyclic amines) is 1. The van der Waals surface area contributed by atoms with Crippen molar-refractivity contribution in [3.05, 3.63) is 35.6 Å². The van der Waals surface area contributed by atoms with Gasteiger partial charge in [-0.3, -0.25) is 9.59 Å². The van der Waals surface area contributed by atoms with Crippen LogP contribution in [0, 0.1) is 5.82 Å². The lowest BCUT2D eigenvalue weighted by Gasteiger charge is -2.44. The summed E-state index contributed by atoms with van der Waals surface area (Å²) in [7, 11) is 1.64. The van der Waals surface area contributed by atoms with Gasteiger partial charge in [0.1, 0.15) is 5.82 Å². The monoisotopic (exact) mass is 348 g/mol. The number of carbonyl (C=O) groups excluding carboxylic acids is 2. The lowest BCUT2D eigenvalue weighted by molar-refractivity contribution is -0.133. The van der Waals surface area contributed by atoms with Gasteiger partial charge in [-0.25, -0.2) is 4.39 Å². The molecule has 2 aliphatic rings. The van der Waals surface area contributed by atoms with Crippen molar-refractivity contribution >= 4 is 11.8 Å². The van der Waals surface area contributed by atoms with Gasteiger partial charge in [0, 0.05) is 31.7 Å². The molecule has 0 radical (unpaired) electrons. The molecular weight excluding hydrogens is 323 g/mol. The largest absolute Gasteiger partial charge is 0.383 e. The Labute approximate surface area is 147 Å². The first-order valence-corrected chi connectivity index (χ1v) is 8.90. The second-order valence-electron chi connectivity index (χ2n) is 6.99. The summed E-state index contributed by atoms with van der Waals surface area (Å²) >= 11 is 0. The van der Waals surface area contributed by atoms with Crippen LogP contribution in [0.15, 0.2) is 24.3 Å². The van der Waals surface area contributed by atoms with Crippen LogP contribution in [0.1, 0.15) is 48.9 Å². The molecule has 0 atom stereocenters. The summed E-state index contributed by atoms with van der Waals surface area (Å²) in [6.07, 6.45) is 4.81. The lowest BCUT2D eigenvalue weighted by Crippen LogP contribution is -2.52. The highest BCUT2D eigenvalue weighted by molar-refractivity contribution is 5.94. The molecule has 0 bridgehead atoms. The number of rotatable bonds is 5. The zero-order valence-corrected chi connectivity index (χ0v) is 14.6. The van der Waals surface area contributed by atoms with E-state index in [2.05, 4.69) is 5.32 Å². The summed E-state index contributed by atoms with van der Waals surface area (Å²) in [5.74, 6) is -0.664. The second kappa shape index (κ2) is 7.52. The summed E-state index contributed by atoms with van der Waals surface area (Å²) in [4.78, 5) is 26.4. The molecule has 1 aliphatic heterocycles. The third kappa shape index (κ3) is 3.68. The van der Waals surface area contributed by atoms with Crippen molar-refractivity contribution in [2.45, 2.75) is 50.1 Å². The summed E-state index contributed by atoms with van der Waals surface area (Å²) < 4.78 is 18.9. The maximum Gasteiger partial charge on any atom is 0.254 e. The number of benzene rings is 1. The van der Waals surface area contributed by atoms with E-state index in [1.54, 1.807) is 19.2 Å². The highest BCUT2D eigenvalue weighted by atomic mass is 19.1. The maximum atomic E-state index is 13.7. The van der Waals surface area contributed by atoms with Crippen LogP contribution in [0.5, 0.6) is 0 Å². The Bertz CT molecular complexity index is 641. The van der Waals surface area contributed by atoms with Crippen LogP contribution in [0.4, 0.5) is 4.39 Å². The van der Waals surface area contributed by atoms with E-state index in [1.165, 1.54) is 12.1 Å². The highest BCUT2D eigenvalue weighted by Gasteiger charge is 2.46. The summed E-state index contributed by atoms with van der Waals surface area (Å²) in [5, 5.41) is 2.94. The molecule has 1 aromatic carbocycles. The molecule has 136 valence electrons. The van der Waals surface area contributed by atoms with Crippen molar-refractivity contribution in [3.8, 4) is 0 Å². The molecule has 1 aliphatic carbocycles. The predicted molar refractivity (Wildman–Crippen MR) is 91.7 cm³/mol. The molecule has 5 nitrogen and oxygen atoms in total. The SMILES string of the molecule is COCCN1C(=O)CCC12CCC(NC(=O)c1ccccc1F)CC2. The Morgan fingerprint density at radius 3 is 2.72 bits per heavy atom. The van der Waals surface area contributed by atoms with Crippen molar-refractivity contribution in [2.24, 2.45) is 0 Å². The van der Waals surface area contributed by atoms with Gasteiger partial charge < -0.3 is 15.0 Å². The van der Waals surface area contributed by atoms with Gasteiger partial charge in [-0.1, -0.05) is 12.1 Å². The molecule has 1 spiro atoms.